The van der Waals surface area contributed by atoms with E-state index in [0.717, 1.165) is 17.7 Å². The van der Waals surface area contributed by atoms with Gasteiger partial charge in [0.25, 0.3) is 0 Å². The molecule has 2 aromatic rings. The van der Waals surface area contributed by atoms with Crippen LogP contribution in [0, 0.1) is 0 Å². The molecule has 1 aromatic heterocycles. The second kappa shape index (κ2) is 8.88. The number of hydrogen-bond acceptors (Lipinski definition) is 5. The van der Waals surface area contributed by atoms with Crippen LogP contribution in [0.4, 0.5) is 4.79 Å². The second-order valence-electron chi connectivity index (χ2n) is 5.84. The van der Waals surface area contributed by atoms with Crippen molar-refractivity contribution >= 4 is 6.03 Å². The maximum absolute atomic E-state index is 11.9. The van der Waals surface area contributed by atoms with Crippen molar-refractivity contribution in [3.8, 4) is 5.75 Å². The van der Waals surface area contributed by atoms with E-state index in [1.54, 1.807) is 18.3 Å². The zero-order chi connectivity index (χ0) is 17.4. The van der Waals surface area contributed by atoms with Gasteiger partial charge in [-0.15, -0.1) is 5.10 Å². The highest BCUT2D eigenvalue weighted by atomic mass is 16.3. The molecule has 0 saturated heterocycles. The molecular formula is C16H24N6O2. The molecule has 0 aliphatic heterocycles. The molecule has 0 saturated carbocycles. The zero-order valence-electron chi connectivity index (χ0n) is 14.0. The minimum atomic E-state index is -0.198. The fourth-order valence-corrected chi connectivity index (χ4v) is 2.27. The Hall–Kier alpha value is -2.61. The maximum Gasteiger partial charge on any atom is 0.314 e. The van der Waals surface area contributed by atoms with Crippen LogP contribution in [0.15, 0.2) is 30.5 Å². The third-order valence-electron chi connectivity index (χ3n) is 3.77. The summed E-state index contributed by atoms with van der Waals surface area (Å²) in [7, 11) is 3.96. The highest BCUT2D eigenvalue weighted by molar-refractivity contribution is 5.73. The lowest BCUT2D eigenvalue weighted by molar-refractivity contribution is 0.232. The van der Waals surface area contributed by atoms with Crippen LogP contribution < -0.4 is 10.6 Å². The summed E-state index contributed by atoms with van der Waals surface area (Å²) in [5, 5.41) is 25.2. The van der Waals surface area contributed by atoms with Crippen LogP contribution >= 0.6 is 0 Å². The first-order valence-electron chi connectivity index (χ1n) is 7.86. The minimum Gasteiger partial charge on any atom is -0.508 e. The summed E-state index contributed by atoms with van der Waals surface area (Å²) in [6.45, 7) is 1.03. The molecule has 8 nitrogen and oxygen atoms in total. The van der Waals surface area contributed by atoms with Crippen molar-refractivity contribution in [3.05, 3.63) is 41.7 Å². The number of aromatic amines is 1. The van der Waals surface area contributed by atoms with Gasteiger partial charge in [-0.3, -0.25) is 5.10 Å². The highest BCUT2D eigenvalue weighted by Crippen LogP contribution is 2.12. The Balaban J connectivity index is 1.73. The molecule has 4 N–H and O–H groups in total. The van der Waals surface area contributed by atoms with Crippen LogP contribution in [-0.2, 0) is 12.8 Å². The predicted molar refractivity (Wildman–Crippen MR) is 90.8 cm³/mol. The smallest absolute Gasteiger partial charge is 0.314 e. The Bertz CT molecular complexity index is 612. The van der Waals surface area contributed by atoms with Crippen LogP contribution in [-0.4, -0.2) is 64.7 Å². The monoisotopic (exact) mass is 332 g/mol. The van der Waals surface area contributed by atoms with Crippen molar-refractivity contribution < 1.29 is 9.90 Å². The molecule has 2 amide bonds. The van der Waals surface area contributed by atoms with E-state index in [9.17, 15) is 9.90 Å². The Labute approximate surface area is 141 Å². The van der Waals surface area contributed by atoms with Gasteiger partial charge in [-0.2, -0.15) is 0 Å². The van der Waals surface area contributed by atoms with E-state index in [2.05, 4.69) is 30.9 Å². The van der Waals surface area contributed by atoms with E-state index in [1.165, 1.54) is 0 Å². The fraction of sp³-hybridized carbons (Fsp3) is 0.438. The van der Waals surface area contributed by atoms with E-state index >= 15 is 0 Å². The summed E-state index contributed by atoms with van der Waals surface area (Å²) < 4.78 is 0. The average molecular weight is 332 g/mol. The molecule has 8 heteroatoms. The van der Waals surface area contributed by atoms with E-state index in [0.29, 0.717) is 19.5 Å². The average Bonchev–Trinajstić information content (AvgIpc) is 3.06. The quantitative estimate of drug-likeness (QED) is 0.564. The molecule has 0 spiro atoms. The maximum atomic E-state index is 11.9. The minimum absolute atomic E-state index is 0.163. The molecule has 130 valence electrons. The first-order valence-corrected chi connectivity index (χ1v) is 7.86. The molecule has 0 bridgehead atoms. The van der Waals surface area contributed by atoms with E-state index in [4.69, 9.17) is 0 Å². The third-order valence-corrected chi connectivity index (χ3v) is 3.77. The number of amides is 2. The van der Waals surface area contributed by atoms with Gasteiger partial charge in [-0.25, -0.2) is 4.79 Å². The van der Waals surface area contributed by atoms with E-state index < -0.39 is 0 Å². The molecule has 0 unspecified atom stereocenters. The summed E-state index contributed by atoms with van der Waals surface area (Å²) in [5.41, 5.74) is 1.92. The van der Waals surface area contributed by atoms with Gasteiger partial charge in [0.1, 0.15) is 5.75 Å². The molecule has 0 aliphatic carbocycles. The van der Waals surface area contributed by atoms with Crippen molar-refractivity contribution in [3.63, 3.8) is 0 Å². The molecule has 1 heterocycles. The third kappa shape index (κ3) is 5.88. The number of phenolic OH excluding ortho intramolecular Hbond substituents is 1. The van der Waals surface area contributed by atoms with Gasteiger partial charge < -0.3 is 20.6 Å². The first-order chi connectivity index (χ1) is 11.5. The van der Waals surface area contributed by atoms with Gasteiger partial charge in [0.05, 0.1) is 5.69 Å². The summed E-state index contributed by atoms with van der Waals surface area (Å²) in [6, 6.07) is 7.10. The van der Waals surface area contributed by atoms with Gasteiger partial charge in [0.2, 0.25) is 0 Å². The highest BCUT2D eigenvalue weighted by Gasteiger charge is 2.13. The van der Waals surface area contributed by atoms with E-state index in [-0.39, 0.29) is 17.8 Å². The summed E-state index contributed by atoms with van der Waals surface area (Å²) >= 11 is 0. The number of urea groups is 1. The number of benzene rings is 1. The van der Waals surface area contributed by atoms with Crippen molar-refractivity contribution in [2.45, 2.75) is 18.9 Å². The molecule has 1 atom stereocenters. The molecule has 0 radical (unpaired) electrons. The topological polar surface area (TPSA) is 106 Å². The molecule has 2 rings (SSSR count). The van der Waals surface area contributed by atoms with Gasteiger partial charge >= 0.3 is 6.03 Å². The number of nitrogens with zero attached hydrogens (tertiary/aromatic N) is 3. The van der Waals surface area contributed by atoms with Crippen LogP contribution in [0.2, 0.25) is 0 Å². The van der Waals surface area contributed by atoms with Gasteiger partial charge in [-0.05, 0) is 38.2 Å². The lowest BCUT2D eigenvalue weighted by atomic mass is 10.1. The van der Waals surface area contributed by atoms with Crippen molar-refractivity contribution in [2.24, 2.45) is 0 Å². The first kappa shape index (κ1) is 17.7. The standard InChI is InChI=1S/C16H24N6O2/c1-22(2)14(9-12-3-5-15(23)6-4-12)11-18-16(24)17-8-7-13-10-19-21-20-13/h3-6,10,14,23H,7-9,11H2,1-2H3,(H2,17,18,24)(H,19,20,21)/t14-/m0/s1. The van der Waals surface area contributed by atoms with Crippen LogP contribution in [0.25, 0.3) is 0 Å². The molecular weight excluding hydrogens is 308 g/mol. The van der Waals surface area contributed by atoms with Crippen LogP contribution in [0.1, 0.15) is 11.3 Å². The van der Waals surface area contributed by atoms with Crippen molar-refractivity contribution in [1.29, 1.82) is 0 Å². The number of aromatic hydroxyl groups is 1. The Kier molecular flexibility index (Phi) is 6.56. The number of likely N-dealkylation sites (N-methyl/N-ethyl adjacent to an activating group) is 1. The molecule has 0 aliphatic rings. The number of H-pyrrole nitrogens is 1. The van der Waals surface area contributed by atoms with Crippen LogP contribution in [0.3, 0.4) is 0 Å². The lowest BCUT2D eigenvalue weighted by Gasteiger charge is -2.25. The fourth-order valence-electron chi connectivity index (χ4n) is 2.27. The number of carbonyl (C=O) groups is 1. The number of nitrogens with one attached hydrogen (secondary N) is 3. The Morgan fingerprint density at radius 1 is 1.29 bits per heavy atom. The SMILES string of the molecule is CN(C)[C@H](CNC(=O)NCCc1c[nH]nn1)Cc1ccc(O)cc1. The van der Waals surface area contributed by atoms with E-state index in [1.807, 2.05) is 26.2 Å². The summed E-state index contributed by atoms with van der Waals surface area (Å²) in [5.74, 6) is 0.254. The number of rotatable bonds is 8. The Morgan fingerprint density at radius 3 is 2.67 bits per heavy atom. The Morgan fingerprint density at radius 2 is 2.04 bits per heavy atom. The molecule has 24 heavy (non-hydrogen) atoms. The summed E-state index contributed by atoms with van der Waals surface area (Å²) in [4.78, 5) is 13.9. The number of phenols is 1. The summed E-state index contributed by atoms with van der Waals surface area (Å²) in [6.07, 6.45) is 3.13. The van der Waals surface area contributed by atoms with Crippen molar-refractivity contribution in [2.75, 3.05) is 27.2 Å². The second-order valence-corrected chi connectivity index (χ2v) is 5.84. The molecule has 1 aromatic carbocycles. The molecule has 0 fully saturated rings. The normalized spacial score (nSPS) is 12.1. The predicted octanol–water partition coefficient (Wildman–Crippen LogP) is 0.525. The number of hydrogen-bond donors (Lipinski definition) is 4. The van der Waals surface area contributed by atoms with Crippen molar-refractivity contribution in [1.82, 2.24) is 30.9 Å². The van der Waals surface area contributed by atoms with Crippen LogP contribution in [0.5, 0.6) is 5.75 Å². The zero-order valence-corrected chi connectivity index (χ0v) is 14.0. The van der Waals surface area contributed by atoms with Gasteiger partial charge in [0, 0.05) is 31.7 Å². The number of carbonyl (C=O) groups excluding carboxylic acids is 1. The largest absolute Gasteiger partial charge is 0.508 e. The lowest BCUT2D eigenvalue weighted by Crippen LogP contribution is -2.45. The van der Waals surface area contributed by atoms with Gasteiger partial charge in [0.15, 0.2) is 0 Å². The van der Waals surface area contributed by atoms with Gasteiger partial charge in [-0.1, -0.05) is 17.3 Å². The number of aromatic nitrogens is 3.